The van der Waals surface area contributed by atoms with Crippen LogP contribution in [0.5, 0.6) is 5.75 Å². The zero-order valence-electron chi connectivity index (χ0n) is 31.0. The Morgan fingerprint density at radius 3 is 2.47 bits per heavy atom. The zero-order valence-corrected chi connectivity index (χ0v) is 32.7. The second-order valence-corrected chi connectivity index (χ2v) is 19.3. The highest BCUT2D eigenvalue weighted by Gasteiger charge is 2.55. The molecule has 282 valence electrons. The number of aryl methyl sites for hydroxylation is 1. The van der Waals surface area contributed by atoms with Gasteiger partial charge in [-0.1, -0.05) is 47.4 Å². The van der Waals surface area contributed by atoms with Gasteiger partial charge in [0.05, 0.1) is 6.10 Å². The molecule has 1 N–H and O–H groups in total. The molecule has 2 fully saturated rings. The van der Waals surface area contributed by atoms with Crippen LogP contribution in [-0.2, 0) is 15.9 Å². The molecule has 49 heavy (non-hydrogen) atoms. The van der Waals surface area contributed by atoms with E-state index in [9.17, 15) is 13.2 Å². The van der Waals surface area contributed by atoms with Gasteiger partial charge in [0, 0.05) is 36.9 Å². The zero-order chi connectivity index (χ0) is 35.7. The van der Waals surface area contributed by atoms with Gasteiger partial charge in [0.1, 0.15) is 12.4 Å². The van der Waals surface area contributed by atoms with Crippen LogP contribution in [0.25, 0.3) is 0 Å². The molecule has 1 aromatic carbocycles. The number of unbranched alkanes of at least 4 members (excludes halogenated alkanes) is 3. The molecule has 0 bridgehead atoms. The Morgan fingerprint density at radius 1 is 0.939 bits per heavy atom. The number of hydrogen-bond donors (Lipinski definition) is 1. The fourth-order valence-electron chi connectivity index (χ4n) is 8.33. The SMILES string of the molecule is CN(CCOc1ccc2c(c1)CCC1C2CCC2(C)C(OCCCOC(C)(C)C(F)(F)F)CCC12)CCC(C)(C)SSCCCCCCO. The number of benzene rings is 1. The van der Waals surface area contributed by atoms with Gasteiger partial charge in [-0.3, -0.25) is 0 Å². The minimum atomic E-state index is -4.37. The van der Waals surface area contributed by atoms with Gasteiger partial charge in [-0.05, 0) is 152 Å². The molecular formula is C39H64F3NO4S2. The highest BCUT2D eigenvalue weighted by atomic mass is 33.1. The van der Waals surface area contributed by atoms with Crippen LogP contribution in [0.4, 0.5) is 13.2 Å². The number of hydrogen-bond acceptors (Lipinski definition) is 7. The number of alkyl halides is 3. The fraction of sp³-hybridized carbons (Fsp3) is 0.846. The average Bonchev–Trinajstić information content (AvgIpc) is 3.38. The van der Waals surface area contributed by atoms with E-state index in [1.54, 1.807) is 0 Å². The van der Waals surface area contributed by atoms with E-state index < -0.39 is 11.8 Å². The molecule has 0 saturated heterocycles. The smallest absolute Gasteiger partial charge is 0.416 e. The molecule has 0 heterocycles. The van der Waals surface area contributed by atoms with Crippen LogP contribution in [0, 0.1) is 17.3 Å². The van der Waals surface area contributed by atoms with E-state index in [2.05, 4.69) is 50.9 Å². The summed E-state index contributed by atoms with van der Waals surface area (Å²) in [6.45, 7) is 12.7. The molecule has 0 aromatic heterocycles. The van der Waals surface area contributed by atoms with Crippen molar-refractivity contribution < 1.29 is 32.5 Å². The van der Waals surface area contributed by atoms with Crippen molar-refractivity contribution in [3.63, 3.8) is 0 Å². The van der Waals surface area contributed by atoms with E-state index in [4.69, 9.17) is 19.3 Å². The standard InChI is InChI=1S/C39H64F3NO4S2/c1-36(2,49-48-27-10-8-7-9-23-44)20-21-43(6)22-26-45-30-13-15-31-29(28-30)12-14-33-32(31)18-19-38(5)34(33)16-17-35(38)46-24-11-25-47-37(3,4)39(40,41)42/h13,15,28,32-35,44H,7-12,14,16-27H2,1-6H3. The Labute approximate surface area is 302 Å². The van der Waals surface area contributed by atoms with Crippen molar-refractivity contribution >= 4 is 21.6 Å². The number of nitrogens with zero attached hydrogens (tertiary/aromatic N) is 1. The summed E-state index contributed by atoms with van der Waals surface area (Å²) >= 11 is 0. The first kappa shape index (κ1) is 41.1. The number of fused-ring (bicyclic) bond motifs is 5. The molecule has 0 spiro atoms. The molecule has 3 aliphatic rings. The van der Waals surface area contributed by atoms with E-state index in [1.165, 1.54) is 42.6 Å². The largest absolute Gasteiger partial charge is 0.492 e. The lowest BCUT2D eigenvalue weighted by Crippen LogP contribution is -2.45. The van der Waals surface area contributed by atoms with Gasteiger partial charge in [-0.25, -0.2) is 0 Å². The van der Waals surface area contributed by atoms with Crippen LogP contribution >= 0.6 is 21.6 Å². The Morgan fingerprint density at radius 2 is 1.71 bits per heavy atom. The third-order valence-electron chi connectivity index (χ3n) is 11.6. The van der Waals surface area contributed by atoms with Gasteiger partial charge in [0.2, 0.25) is 0 Å². The van der Waals surface area contributed by atoms with E-state index in [0.717, 1.165) is 77.6 Å². The molecule has 10 heteroatoms. The summed E-state index contributed by atoms with van der Waals surface area (Å²) in [5.41, 5.74) is 0.967. The van der Waals surface area contributed by atoms with Crippen molar-refractivity contribution in [1.82, 2.24) is 4.90 Å². The Kier molecular flexibility index (Phi) is 15.4. The normalized spacial score (nSPS) is 25.7. The molecule has 5 atom stereocenters. The summed E-state index contributed by atoms with van der Waals surface area (Å²) in [4.78, 5) is 2.38. The van der Waals surface area contributed by atoms with Crippen molar-refractivity contribution in [2.24, 2.45) is 17.3 Å². The summed E-state index contributed by atoms with van der Waals surface area (Å²) in [6, 6.07) is 6.81. The third kappa shape index (κ3) is 11.4. The number of aliphatic hydroxyl groups excluding tert-OH is 1. The molecule has 4 rings (SSSR count). The lowest BCUT2D eigenvalue weighted by molar-refractivity contribution is -0.264. The minimum absolute atomic E-state index is 0.0504. The monoisotopic (exact) mass is 731 g/mol. The molecule has 0 radical (unpaired) electrons. The maximum Gasteiger partial charge on any atom is 0.416 e. The lowest BCUT2D eigenvalue weighted by Gasteiger charge is -2.50. The van der Waals surface area contributed by atoms with Gasteiger partial charge >= 0.3 is 6.18 Å². The topological polar surface area (TPSA) is 51.2 Å². The first-order chi connectivity index (χ1) is 23.2. The maximum absolute atomic E-state index is 13.1. The first-order valence-corrected chi connectivity index (χ1v) is 21.2. The first-order valence-electron chi connectivity index (χ1n) is 18.8. The molecular weight excluding hydrogens is 668 g/mol. The predicted molar refractivity (Wildman–Crippen MR) is 199 cm³/mol. The highest BCUT2D eigenvalue weighted by molar-refractivity contribution is 8.77. The van der Waals surface area contributed by atoms with Crippen LogP contribution < -0.4 is 4.74 Å². The van der Waals surface area contributed by atoms with E-state index in [1.807, 2.05) is 21.6 Å². The van der Waals surface area contributed by atoms with Crippen LogP contribution in [0.2, 0.25) is 0 Å². The van der Waals surface area contributed by atoms with Crippen molar-refractivity contribution in [3.8, 4) is 5.75 Å². The van der Waals surface area contributed by atoms with Gasteiger partial charge in [-0.2, -0.15) is 13.2 Å². The Bertz CT molecular complexity index is 1150. The minimum Gasteiger partial charge on any atom is -0.492 e. The maximum atomic E-state index is 13.1. The molecule has 1 aromatic rings. The van der Waals surface area contributed by atoms with Crippen LogP contribution in [0.1, 0.15) is 122 Å². The molecule has 5 unspecified atom stereocenters. The average molecular weight is 732 g/mol. The van der Waals surface area contributed by atoms with E-state index in [-0.39, 0.29) is 22.9 Å². The van der Waals surface area contributed by atoms with Crippen LogP contribution in [-0.4, -0.2) is 85.0 Å². The number of likely N-dealkylation sites (N-methyl/N-ethyl adjacent to an activating group) is 1. The fourth-order valence-corrected chi connectivity index (χ4v) is 11.0. The van der Waals surface area contributed by atoms with Gasteiger partial charge in [-0.15, -0.1) is 0 Å². The number of ether oxygens (including phenoxy) is 3. The molecule has 0 aliphatic heterocycles. The number of rotatable bonds is 21. The summed E-state index contributed by atoms with van der Waals surface area (Å²) in [6.07, 6.45) is 8.69. The molecule has 0 amide bonds. The van der Waals surface area contributed by atoms with E-state index in [0.29, 0.717) is 44.0 Å². The summed E-state index contributed by atoms with van der Waals surface area (Å²) in [5, 5.41) is 8.91. The second-order valence-electron chi connectivity index (χ2n) is 16.2. The second kappa shape index (κ2) is 18.4. The molecule has 5 nitrogen and oxygen atoms in total. The predicted octanol–water partition coefficient (Wildman–Crippen LogP) is 10.1. The van der Waals surface area contributed by atoms with Crippen LogP contribution in [0.3, 0.4) is 0 Å². The Hall–Kier alpha value is -0.650. The van der Waals surface area contributed by atoms with Gasteiger partial charge < -0.3 is 24.2 Å². The van der Waals surface area contributed by atoms with Crippen molar-refractivity contribution in [3.05, 3.63) is 29.3 Å². The summed E-state index contributed by atoms with van der Waals surface area (Å²) < 4.78 is 57.3. The lowest BCUT2D eigenvalue weighted by atomic mass is 9.55. The number of halogens is 3. The Balaban J connectivity index is 1.17. The summed E-state index contributed by atoms with van der Waals surface area (Å²) in [5.74, 6) is 4.03. The van der Waals surface area contributed by atoms with Crippen molar-refractivity contribution in [2.75, 3.05) is 52.3 Å². The summed E-state index contributed by atoms with van der Waals surface area (Å²) in [7, 11) is 6.18. The highest BCUT2D eigenvalue weighted by Crippen LogP contribution is 2.61. The van der Waals surface area contributed by atoms with Crippen molar-refractivity contribution in [1.29, 1.82) is 0 Å². The quantitative estimate of drug-likeness (QED) is 0.0998. The third-order valence-corrected chi connectivity index (χ3v) is 15.1. The molecule has 2 saturated carbocycles. The molecule has 3 aliphatic carbocycles. The van der Waals surface area contributed by atoms with E-state index >= 15 is 0 Å². The van der Waals surface area contributed by atoms with Crippen molar-refractivity contribution in [2.45, 2.75) is 140 Å². The number of aliphatic hydroxyl groups is 1. The van der Waals surface area contributed by atoms with Gasteiger partial charge in [0.25, 0.3) is 0 Å². The van der Waals surface area contributed by atoms with Crippen LogP contribution in [0.15, 0.2) is 18.2 Å². The van der Waals surface area contributed by atoms with Gasteiger partial charge in [0.15, 0.2) is 5.60 Å².